The highest BCUT2D eigenvalue weighted by molar-refractivity contribution is 5.76. The van der Waals surface area contributed by atoms with Crippen LogP contribution in [-0.2, 0) is 16.8 Å². The molecule has 1 aromatic rings. The van der Waals surface area contributed by atoms with Gasteiger partial charge in [0.15, 0.2) is 0 Å². The first-order valence-corrected chi connectivity index (χ1v) is 12.2. The van der Waals surface area contributed by atoms with Gasteiger partial charge in [-0.2, -0.15) is 0 Å². The van der Waals surface area contributed by atoms with Gasteiger partial charge in [-0.25, -0.2) is 0 Å². The van der Waals surface area contributed by atoms with E-state index < -0.39 is 0 Å². The zero-order valence-corrected chi connectivity index (χ0v) is 18.0. The largest absolute Gasteiger partial charge is 0.343 e. The maximum Gasteiger partial charge on any atom is 0.222 e. The van der Waals surface area contributed by atoms with Crippen molar-refractivity contribution in [3.63, 3.8) is 0 Å². The van der Waals surface area contributed by atoms with Crippen molar-refractivity contribution in [3.05, 3.63) is 34.9 Å². The number of likely N-dealkylation sites (tertiary alicyclic amines) is 1. The van der Waals surface area contributed by atoms with Crippen LogP contribution in [0.1, 0.15) is 68.1 Å². The minimum Gasteiger partial charge on any atom is -0.343 e. The van der Waals surface area contributed by atoms with Crippen LogP contribution in [0.5, 0.6) is 0 Å². The Labute approximate surface area is 175 Å². The Morgan fingerprint density at radius 1 is 1.07 bits per heavy atom. The summed E-state index contributed by atoms with van der Waals surface area (Å²) in [7, 11) is 0. The summed E-state index contributed by atoms with van der Waals surface area (Å²) in [6.07, 6.45) is 11.3. The van der Waals surface area contributed by atoms with Gasteiger partial charge in [-0.05, 0) is 99.0 Å². The molecule has 3 heteroatoms. The second kappa shape index (κ2) is 6.83. The Morgan fingerprint density at radius 3 is 2.45 bits per heavy atom. The van der Waals surface area contributed by atoms with Crippen LogP contribution in [0.15, 0.2) is 18.2 Å². The maximum absolute atomic E-state index is 13.3. The van der Waals surface area contributed by atoms with Gasteiger partial charge >= 0.3 is 0 Å². The Morgan fingerprint density at radius 2 is 1.76 bits per heavy atom. The number of benzene rings is 1. The molecule has 1 aromatic carbocycles. The zero-order chi connectivity index (χ0) is 19.6. The number of aryl methyl sites for hydroxylation is 1. The van der Waals surface area contributed by atoms with Gasteiger partial charge < -0.3 is 10.2 Å². The molecule has 0 aromatic heterocycles. The highest BCUT2D eigenvalue weighted by atomic mass is 16.2. The van der Waals surface area contributed by atoms with Crippen molar-refractivity contribution in [2.45, 2.75) is 70.3 Å². The number of hydrogen-bond donors (Lipinski definition) is 1. The average molecular weight is 393 g/mol. The quantitative estimate of drug-likeness (QED) is 0.808. The van der Waals surface area contributed by atoms with Crippen molar-refractivity contribution in [2.75, 3.05) is 19.6 Å². The number of nitrogens with zero attached hydrogens (tertiary/aromatic N) is 1. The molecule has 1 N–H and O–H groups in total. The minimum atomic E-state index is 0.0979. The van der Waals surface area contributed by atoms with Gasteiger partial charge in [-0.15, -0.1) is 0 Å². The van der Waals surface area contributed by atoms with E-state index in [9.17, 15) is 4.79 Å². The summed E-state index contributed by atoms with van der Waals surface area (Å²) in [5, 5.41) is 3.86. The van der Waals surface area contributed by atoms with Crippen LogP contribution >= 0.6 is 0 Å². The first-order valence-electron chi connectivity index (χ1n) is 12.2. The molecule has 3 nitrogen and oxygen atoms in total. The monoisotopic (exact) mass is 392 g/mol. The van der Waals surface area contributed by atoms with E-state index in [1.54, 1.807) is 0 Å². The number of rotatable bonds is 2. The minimum absolute atomic E-state index is 0.0979. The summed E-state index contributed by atoms with van der Waals surface area (Å²) in [4.78, 5) is 15.5. The molecule has 1 amide bonds. The molecule has 4 aliphatic carbocycles. The molecule has 6 aliphatic rings. The van der Waals surface area contributed by atoms with Gasteiger partial charge in [0.05, 0.1) is 0 Å². The van der Waals surface area contributed by atoms with Crippen LogP contribution in [-0.4, -0.2) is 30.4 Å². The Hall–Kier alpha value is -1.35. The molecule has 1 spiro atoms. The molecule has 4 saturated carbocycles. The smallest absolute Gasteiger partial charge is 0.222 e. The number of fused-ring (bicyclic) bond motifs is 2. The molecular formula is C26H36N2O. The third kappa shape index (κ3) is 3.07. The first kappa shape index (κ1) is 18.4. The summed E-state index contributed by atoms with van der Waals surface area (Å²) in [5.74, 6) is 4.88. The summed E-state index contributed by atoms with van der Waals surface area (Å²) in [6, 6.07) is 6.99. The number of nitrogens with one attached hydrogen (secondary N) is 1. The van der Waals surface area contributed by atoms with Gasteiger partial charge in [0.1, 0.15) is 0 Å². The van der Waals surface area contributed by atoms with Crippen LogP contribution in [0.4, 0.5) is 0 Å². The topological polar surface area (TPSA) is 32.3 Å². The van der Waals surface area contributed by atoms with E-state index >= 15 is 0 Å². The second-order valence-electron chi connectivity index (χ2n) is 11.1. The van der Waals surface area contributed by atoms with E-state index in [4.69, 9.17) is 0 Å². The molecule has 1 saturated heterocycles. The van der Waals surface area contributed by atoms with Crippen LogP contribution < -0.4 is 5.32 Å². The van der Waals surface area contributed by atoms with E-state index in [0.29, 0.717) is 11.8 Å². The van der Waals surface area contributed by atoms with Crippen LogP contribution in [0.2, 0.25) is 0 Å². The molecule has 156 valence electrons. The number of amides is 1. The van der Waals surface area contributed by atoms with Crippen molar-refractivity contribution in [1.29, 1.82) is 0 Å². The fourth-order valence-corrected chi connectivity index (χ4v) is 8.21. The average Bonchev–Trinajstić information content (AvgIpc) is 2.70. The van der Waals surface area contributed by atoms with Gasteiger partial charge in [0.2, 0.25) is 5.91 Å². The van der Waals surface area contributed by atoms with Gasteiger partial charge in [-0.1, -0.05) is 23.8 Å². The molecular weight excluding hydrogens is 356 g/mol. The standard InChI is InChI=1S/C26H36N2O/c1-17-2-3-24-20(10-17)4-7-27-26(24)5-8-28(9-6-26)25(29)16-23-21-12-18-11-19(14-21)15-22(23)13-18/h2-3,10,18-19,21-23,27H,4-9,11-16H2,1H3. The molecule has 0 atom stereocenters. The molecule has 0 radical (unpaired) electrons. The molecule has 5 fully saturated rings. The van der Waals surface area contributed by atoms with Crippen LogP contribution in [0, 0.1) is 36.5 Å². The summed E-state index contributed by atoms with van der Waals surface area (Å²) in [6.45, 7) is 5.11. The number of carbonyl (C=O) groups is 1. The fraction of sp³-hybridized carbons (Fsp3) is 0.731. The third-order valence-electron chi connectivity index (χ3n) is 9.44. The van der Waals surface area contributed by atoms with Crippen molar-refractivity contribution in [2.24, 2.45) is 29.6 Å². The number of piperidine rings is 1. The lowest BCUT2D eigenvalue weighted by Gasteiger charge is -2.54. The predicted molar refractivity (Wildman–Crippen MR) is 116 cm³/mol. The van der Waals surface area contributed by atoms with Crippen molar-refractivity contribution in [1.82, 2.24) is 10.2 Å². The molecule has 0 unspecified atom stereocenters. The lowest BCUT2D eigenvalue weighted by atomic mass is 9.51. The molecule has 7 rings (SSSR count). The van der Waals surface area contributed by atoms with E-state index in [1.165, 1.54) is 48.8 Å². The molecule has 4 bridgehead atoms. The predicted octanol–water partition coefficient (Wildman–Crippen LogP) is 4.42. The maximum atomic E-state index is 13.3. The summed E-state index contributed by atoms with van der Waals surface area (Å²) in [5.41, 5.74) is 4.49. The van der Waals surface area contributed by atoms with Crippen molar-refractivity contribution < 1.29 is 4.79 Å². The van der Waals surface area contributed by atoms with E-state index in [2.05, 4.69) is 35.3 Å². The molecule has 2 heterocycles. The Bertz CT molecular complexity index is 779. The van der Waals surface area contributed by atoms with Crippen LogP contribution in [0.25, 0.3) is 0 Å². The summed E-state index contributed by atoms with van der Waals surface area (Å²) >= 11 is 0. The van der Waals surface area contributed by atoms with Crippen molar-refractivity contribution in [3.8, 4) is 0 Å². The highest BCUT2D eigenvalue weighted by Gasteiger charge is 2.49. The van der Waals surface area contributed by atoms with Gasteiger partial charge in [0.25, 0.3) is 0 Å². The van der Waals surface area contributed by atoms with Crippen molar-refractivity contribution >= 4 is 5.91 Å². The lowest BCUT2D eigenvalue weighted by Crippen LogP contribution is -2.55. The van der Waals surface area contributed by atoms with Crippen LogP contribution in [0.3, 0.4) is 0 Å². The second-order valence-corrected chi connectivity index (χ2v) is 11.1. The zero-order valence-electron chi connectivity index (χ0n) is 18.0. The summed E-state index contributed by atoms with van der Waals surface area (Å²) < 4.78 is 0. The molecule has 2 aliphatic heterocycles. The third-order valence-corrected chi connectivity index (χ3v) is 9.44. The van der Waals surface area contributed by atoms with Gasteiger partial charge in [0, 0.05) is 31.6 Å². The molecule has 29 heavy (non-hydrogen) atoms. The SMILES string of the molecule is Cc1ccc2c(c1)CCNC21CCN(C(=O)CC2C3CC4CC(C3)CC2C4)CC1. The number of carbonyl (C=O) groups excluding carboxylic acids is 1. The van der Waals surface area contributed by atoms with E-state index in [-0.39, 0.29) is 5.54 Å². The lowest BCUT2D eigenvalue weighted by molar-refractivity contribution is -0.138. The Kier molecular flexibility index (Phi) is 4.34. The Balaban J connectivity index is 1.12. The van der Waals surface area contributed by atoms with E-state index in [1.807, 2.05) is 0 Å². The fourth-order valence-electron chi connectivity index (χ4n) is 8.21. The number of hydrogen-bond acceptors (Lipinski definition) is 2. The normalized spacial score (nSPS) is 37.0. The van der Waals surface area contributed by atoms with Gasteiger partial charge in [-0.3, -0.25) is 4.79 Å². The first-order chi connectivity index (χ1) is 14.1. The highest BCUT2D eigenvalue weighted by Crippen LogP contribution is 2.57. The van der Waals surface area contributed by atoms with E-state index in [0.717, 1.165) is 69.0 Å².